The van der Waals surface area contributed by atoms with E-state index in [0.29, 0.717) is 23.7 Å². The second-order valence-electron chi connectivity index (χ2n) is 5.88. The van der Waals surface area contributed by atoms with Gasteiger partial charge in [-0.2, -0.15) is 0 Å². The molecule has 20 heavy (non-hydrogen) atoms. The first-order valence-corrected chi connectivity index (χ1v) is 7.45. The van der Waals surface area contributed by atoms with E-state index in [9.17, 15) is 14.7 Å². The van der Waals surface area contributed by atoms with Gasteiger partial charge in [0.15, 0.2) is 0 Å². The molecule has 1 fully saturated rings. The summed E-state index contributed by atoms with van der Waals surface area (Å²) in [4.78, 5) is 23.4. The summed E-state index contributed by atoms with van der Waals surface area (Å²) in [6, 6.07) is 1.44. The van der Waals surface area contributed by atoms with Gasteiger partial charge < -0.3 is 9.67 Å². The molecule has 4 nitrogen and oxygen atoms in total. The molecule has 0 atom stereocenters. The van der Waals surface area contributed by atoms with Crippen molar-refractivity contribution in [1.29, 1.82) is 0 Å². The van der Waals surface area contributed by atoms with E-state index in [-0.39, 0.29) is 11.1 Å². The second kappa shape index (κ2) is 6.25. The molecule has 1 heterocycles. The van der Waals surface area contributed by atoms with Crippen LogP contribution in [0.4, 0.5) is 0 Å². The highest BCUT2D eigenvalue weighted by molar-refractivity contribution is 5.90. The minimum atomic E-state index is -0.952. The number of aromatic nitrogens is 1. The Kier molecular flexibility index (Phi) is 4.63. The molecule has 1 aromatic rings. The molecule has 0 spiro atoms. The van der Waals surface area contributed by atoms with Gasteiger partial charge in [0.05, 0.1) is 5.56 Å². The van der Waals surface area contributed by atoms with Gasteiger partial charge in [0.1, 0.15) is 0 Å². The average Bonchev–Trinajstić information content (AvgIpc) is 2.38. The predicted molar refractivity (Wildman–Crippen MR) is 78.3 cm³/mol. The molecule has 0 radical (unpaired) electrons. The van der Waals surface area contributed by atoms with Crippen LogP contribution in [0.2, 0.25) is 0 Å². The molecule has 4 heteroatoms. The van der Waals surface area contributed by atoms with Crippen molar-refractivity contribution in [3.05, 3.63) is 33.2 Å². The maximum Gasteiger partial charge on any atom is 0.337 e. The summed E-state index contributed by atoms with van der Waals surface area (Å²) in [5.41, 5.74) is 1.32. The molecule has 0 amide bonds. The third-order valence-corrected chi connectivity index (χ3v) is 4.47. The molecule has 1 N–H and O–H groups in total. The van der Waals surface area contributed by atoms with Gasteiger partial charge in [-0.05, 0) is 31.7 Å². The van der Waals surface area contributed by atoms with Gasteiger partial charge in [-0.25, -0.2) is 4.79 Å². The Morgan fingerprint density at radius 3 is 2.55 bits per heavy atom. The van der Waals surface area contributed by atoms with Gasteiger partial charge in [0.2, 0.25) is 0 Å². The van der Waals surface area contributed by atoms with E-state index < -0.39 is 5.97 Å². The lowest BCUT2D eigenvalue weighted by atomic mass is 9.87. The van der Waals surface area contributed by atoms with Crippen molar-refractivity contribution in [1.82, 2.24) is 4.57 Å². The number of carboxylic acids is 1. The van der Waals surface area contributed by atoms with E-state index >= 15 is 0 Å². The molecule has 1 aliphatic carbocycles. The minimum absolute atomic E-state index is 0.0826. The van der Waals surface area contributed by atoms with Crippen LogP contribution in [0.1, 0.15) is 60.1 Å². The molecule has 0 unspecified atom stereocenters. The Bertz CT molecular complexity index is 554. The highest BCUT2D eigenvalue weighted by atomic mass is 16.4. The molecule has 0 bridgehead atoms. The highest BCUT2D eigenvalue weighted by Crippen LogP contribution is 2.26. The van der Waals surface area contributed by atoms with Crippen LogP contribution < -0.4 is 5.56 Å². The van der Waals surface area contributed by atoms with Gasteiger partial charge in [-0.3, -0.25) is 4.79 Å². The van der Waals surface area contributed by atoms with Crippen molar-refractivity contribution in [3.63, 3.8) is 0 Å². The van der Waals surface area contributed by atoms with E-state index in [4.69, 9.17) is 0 Å². The summed E-state index contributed by atoms with van der Waals surface area (Å²) in [7, 11) is 0. The van der Waals surface area contributed by atoms with Crippen LogP contribution in [0.15, 0.2) is 10.9 Å². The largest absolute Gasteiger partial charge is 0.478 e. The molecule has 1 aliphatic rings. The normalized spacial score (nSPS) is 16.3. The third-order valence-electron chi connectivity index (χ3n) is 4.47. The maximum absolute atomic E-state index is 12.1. The lowest BCUT2D eigenvalue weighted by Gasteiger charge is -2.22. The fourth-order valence-electron chi connectivity index (χ4n) is 3.31. The highest BCUT2D eigenvalue weighted by Gasteiger charge is 2.18. The summed E-state index contributed by atoms with van der Waals surface area (Å²) >= 11 is 0. The molecular weight excluding hydrogens is 254 g/mol. The second-order valence-corrected chi connectivity index (χ2v) is 5.88. The fourth-order valence-corrected chi connectivity index (χ4v) is 3.31. The number of hydrogen-bond donors (Lipinski definition) is 1. The van der Waals surface area contributed by atoms with Crippen LogP contribution in [0.25, 0.3) is 0 Å². The zero-order valence-electron chi connectivity index (χ0n) is 12.3. The molecular formula is C16H23NO3. The van der Waals surface area contributed by atoms with Crippen LogP contribution in [-0.4, -0.2) is 15.6 Å². The predicted octanol–water partition coefficient (Wildman–Crippen LogP) is 3.13. The first-order chi connectivity index (χ1) is 9.50. The summed E-state index contributed by atoms with van der Waals surface area (Å²) in [5.74, 6) is -0.268. The first-order valence-electron chi connectivity index (χ1n) is 7.45. The molecule has 1 aromatic heterocycles. The Balaban J connectivity index is 2.20. The molecule has 0 saturated heterocycles. The number of pyridine rings is 1. The van der Waals surface area contributed by atoms with E-state index in [1.807, 2.05) is 0 Å². The number of aromatic carboxylic acids is 1. The first kappa shape index (κ1) is 14.8. The lowest BCUT2D eigenvalue weighted by Crippen LogP contribution is -2.26. The fraction of sp³-hybridized carbons (Fsp3) is 0.625. The van der Waals surface area contributed by atoms with E-state index in [1.54, 1.807) is 18.4 Å². The van der Waals surface area contributed by atoms with Crippen LogP contribution in [0.5, 0.6) is 0 Å². The lowest BCUT2D eigenvalue weighted by molar-refractivity contribution is 0.0694. The Labute approximate surface area is 119 Å². The van der Waals surface area contributed by atoms with Gasteiger partial charge in [0, 0.05) is 18.3 Å². The van der Waals surface area contributed by atoms with E-state index in [1.165, 1.54) is 38.2 Å². The monoisotopic (exact) mass is 277 g/mol. The minimum Gasteiger partial charge on any atom is -0.478 e. The van der Waals surface area contributed by atoms with Crippen molar-refractivity contribution in [2.24, 2.45) is 5.92 Å². The smallest absolute Gasteiger partial charge is 0.337 e. The number of carboxylic acid groups (broad SMARTS) is 1. The number of rotatable bonds is 4. The van der Waals surface area contributed by atoms with Crippen LogP contribution in [-0.2, 0) is 6.54 Å². The van der Waals surface area contributed by atoms with Gasteiger partial charge in [0.25, 0.3) is 5.56 Å². The van der Waals surface area contributed by atoms with Crippen molar-refractivity contribution in [3.8, 4) is 0 Å². The van der Waals surface area contributed by atoms with Crippen molar-refractivity contribution in [2.75, 3.05) is 0 Å². The van der Waals surface area contributed by atoms with Gasteiger partial charge in [-0.1, -0.05) is 32.1 Å². The standard InChI is InChI=1S/C16H23NO3/c1-11-10-14(18)17(12(2)15(11)16(19)20)9-8-13-6-4-3-5-7-13/h10,13H,3-9H2,1-2H3,(H,19,20). The van der Waals surface area contributed by atoms with E-state index in [2.05, 4.69) is 0 Å². The van der Waals surface area contributed by atoms with Crippen molar-refractivity contribution >= 4 is 5.97 Å². The zero-order chi connectivity index (χ0) is 14.7. The molecule has 1 saturated carbocycles. The van der Waals surface area contributed by atoms with Crippen LogP contribution in [0.3, 0.4) is 0 Å². The molecule has 0 aliphatic heterocycles. The molecule has 0 aromatic carbocycles. The van der Waals surface area contributed by atoms with Gasteiger partial charge in [-0.15, -0.1) is 0 Å². The number of nitrogens with zero attached hydrogens (tertiary/aromatic N) is 1. The average molecular weight is 277 g/mol. The van der Waals surface area contributed by atoms with Crippen LogP contribution >= 0.6 is 0 Å². The van der Waals surface area contributed by atoms with Gasteiger partial charge >= 0.3 is 5.97 Å². The molecule has 2 rings (SSSR count). The summed E-state index contributed by atoms with van der Waals surface area (Å²) < 4.78 is 1.63. The van der Waals surface area contributed by atoms with Crippen molar-refractivity contribution in [2.45, 2.75) is 58.9 Å². The van der Waals surface area contributed by atoms with Crippen LogP contribution in [0, 0.1) is 19.8 Å². The Morgan fingerprint density at radius 1 is 1.30 bits per heavy atom. The number of carbonyl (C=O) groups is 1. The topological polar surface area (TPSA) is 59.3 Å². The zero-order valence-corrected chi connectivity index (χ0v) is 12.3. The molecule has 110 valence electrons. The SMILES string of the molecule is Cc1cc(=O)n(CCC2CCCCC2)c(C)c1C(=O)O. The summed E-state index contributed by atoms with van der Waals surface area (Å²) in [6.45, 7) is 4.05. The summed E-state index contributed by atoms with van der Waals surface area (Å²) in [5, 5.41) is 9.26. The maximum atomic E-state index is 12.1. The Morgan fingerprint density at radius 2 is 1.95 bits per heavy atom. The number of hydrogen-bond acceptors (Lipinski definition) is 2. The summed E-state index contributed by atoms with van der Waals surface area (Å²) in [6.07, 6.45) is 7.35. The third kappa shape index (κ3) is 3.11. The van der Waals surface area contributed by atoms with E-state index in [0.717, 1.165) is 6.42 Å². The number of aryl methyl sites for hydroxylation is 1. The quantitative estimate of drug-likeness (QED) is 0.919. The Hall–Kier alpha value is -1.58. The van der Waals surface area contributed by atoms with Crippen molar-refractivity contribution < 1.29 is 9.90 Å².